The number of methoxy groups -OCH3 is 1. The number of hydrogen-bond donors (Lipinski definition) is 1. The molecule has 0 aliphatic carbocycles. The third-order valence-electron chi connectivity index (χ3n) is 4.77. The van der Waals surface area contributed by atoms with E-state index in [1.807, 2.05) is 60.0 Å². The monoisotopic (exact) mass is 422 g/mol. The summed E-state index contributed by atoms with van der Waals surface area (Å²) in [6.45, 7) is 0.433. The van der Waals surface area contributed by atoms with Gasteiger partial charge in [-0.15, -0.1) is 11.3 Å². The molecular weight excluding hydrogens is 400 g/mol. The molecule has 30 heavy (non-hydrogen) atoms. The van der Waals surface area contributed by atoms with Crippen molar-refractivity contribution in [2.24, 2.45) is 0 Å². The van der Waals surface area contributed by atoms with Crippen LogP contribution in [0.2, 0.25) is 0 Å². The molecule has 1 atom stereocenters. The molecule has 4 aromatic rings. The number of hydrogen-bond acceptors (Lipinski definition) is 6. The van der Waals surface area contributed by atoms with E-state index in [4.69, 9.17) is 9.47 Å². The maximum atomic E-state index is 12.9. The molecular formula is C23H22N2O4S. The number of aliphatic hydroxyl groups excluding tert-OH is 1. The van der Waals surface area contributed by atoms with E-state index in [1.165, 1.54) is 4.68 Å². The Bertz CT molecular complexity index is 1190. The second-order valence-electron chi connectivity index (χ2n) is 6.84. The molecule has 0 bridgehead atoms. The first-order chi connectivity index (χ1) is 14.7. The van der Waals surface area contributed by atoms with Crippen molar-refractivity contribution in [3.05, 3.63) is 82.0 Å². The highest BCUT2D eigenvalue weighted by molar-refractivity contribution is 7.13. The summed E-state index contributed by atoms with van der Waals surface area (Å²) in [4.78, 5) is 13.9. The van der Waals surface area contributed by atoms with Gasteiger partial charge in [0.05, 0.1) is 43.2 Å². The molecule has 7 heteroatoms. The maximum Gasteiger partial charge on any atom is 0.274 e. The van der Waals surface area contributed by atoms with Gasteiger partial charge in [-0.25, -0.2) is 4.68 Å². The molecule has 2 aromatic carbocycles. The third-order valence-corrected chi connectivity index (χ3v) is 5.64. The molecule has 0 radical (unpaired) electrons. The van der Waals surface area contributed by atoms with Crippen molar-refractivity contribution in [2.45, 2.75) is 19.3 Å². The number of benzene rings is 2. The van der Waals surface area contributed by atoms with Crippen LogP contribution in [0.5, 0.6) is 5.75 Å². The van der Waals surface area contributed by atoms with Crippen LogP contribution in [0.4, 0.5) is 0 Å². The van der Waals surface area contributed by atoms with Gasteiger partial charge in [0.1, 0.15) is 11.4 Å². The standard InChI is InChI=1S/C23H22N2O4S/c1-28-20-10-5-2-7-16(20)14-29-15-17(26)13-25-23(27)19-9-4-3-8-18(19)22(24-25)21-11-6-12-30-21/h2-12,17,26H,13-15H2,1H3. The summed E-state index contributed by atoms with van der Waals surface area (Å²) in [5, 5.41) is 18.4. The lowest BCUT2D eigenvalue weighted by Crippen LogP contribution is -2.31. The molecule has 0 aliphatic rings. The molecule has 4 rings (SSSR count). The van der Waals surface area contributed by atoms with E-state index in [1.54, 1.807) is 24.5 Å². The van der Waals surface area contributed by atoms with Crippen molar-refractivity contribution in [1.82, 2.24) is 9.78 Å². The van der Waals surface area contributed by atoms with Crippen LogP contribution in [-0.4, -0.2) is 34.7 Å². The van der Waals surface area contributed by atoms with Crippen LogP contribution < -0.4 is 10.3 Å². The molecule has 0 saturated heterocycles. The Labute approximate surface area is 177 Å². The second-order valence-corrected chi connectivity index (χ2v) is 7.79. The summed E-state index contributed by atoms with van der Waals surface area (Å²) < 4.78 is 12.3. The summed E-state index contributed by atoms with van der Waals surface area (Å²) in [5.41, 5.74) is 1.41. The first-order valence-corrected chi connectivity index (χ1v) is 10.5. The number of fused-ring (bicyclic) bond motifs is 1. The summed E-state index contributed by atoms with van der Waals surface area (Å²) in [6, 6.07) is 18.9. The lowest BCUT2D eigenvalue weighted by atomic mass is 10.1. The quantitative estimate of drug-likeness (QED) is 0.469. The predicted molar refractivity (Wildman–Crippen MR) is 118 cm³/mol. The summed E-state index contributed by atoms with van der Waals surface area (Å²) in [7, 11) is 1.61. The lowest BCUT2D eigenvalue weighted by molar-refractivity contribution is 0.0176. The van der Waals surface area contributed by atoms with Crippen molar-refractivity contribution in [3.63, 3.8) is 0 Å². The molecule has 6 nitrogen and oxygen atoms in total. The molecule has 1 N–H and O–H groups in total. The van der Waals surface area contributed by atoms with E-state index in [9.17, 15) is 9.90 Å². The van der Waals surface area contributed by atoms with Crippen molar-refractivity contribution in [1.29, 1.82) is 0 Å². The Morgan fingerprint density at radius 1 is 1.07 bits per heavy atom. The van der Waals surface area contributed by atoms with Crippen molar-refractivity contribution in [3.8, 4) is 16.3 Å². The SMILES string of the molecule is COc1ccccc1COCC(O)Cn1nc(-c2cccs2)c2ccccc2c1=O. The fourth-order valence-corrected chi connectivity index (χ4v) is 4.06. The normalized spacial score (nSPS) is 12.2. The van der Waals surface area contributed by atoms with Gasteiger partial charge >= 0.3 is 0 Å². The topological polar surface area (TPSA) is 73.6 Å². The maximum absolute atomic E-state index is 12.9. The Kier molecular flexibility index (Phi) is 6.23. The van der Waals surface area contributed by atoms with Crippen molar-refractivity contribution in [2.75, 3.05) is 13.7 Å². The fourth-order valence-electron chi connectivity index (χ4n) is 3.33. The van der Waals surface area contributed by atoms with Gasteiger partial charge in [-0.2, -0.15) is 5.10 Å². The van der Waals surface area contributed by atoms with Gasteiger partial charge < -0.3 is 14.6 Å². The molecule has 154 valence electrons. The smallest absolute Gasteiger partial charge is 0.274 e. The lowest BCUT2D eigenvalue weighted by Gasteiger charge is -2.15. The Balaban J connectivity index is 1.52. The largest absolute Gasteiger partial charge is 0.496 e. The minimum Gasteiger partial charge on any atom is -0.496 e. The summed E-state index contributed by atoms with van der Waals surface area (Å²) >= 11 is 1.56. The molecule has 1 unspecified atom stereocenters. The molecule has 0 spiro atoms. The van der Waals surface area contributed by atoms with Gasteiger partial charge in [0.2, 0.25) is 0 Å². The first kappa shape index (κ1) is 20.3. The van der Waals surface area contributed by atoms with Gasteiger partial charge in [-0.3, -0.25) is 4.79 Å². The molecule has 0 aliphatic heterocycles. The Morgan fingerprint density at radius 2 is 1.83 bits per heavy atom. The van der Waals surface area contributed by atoms with Crippen LogP contribution in [0, 0.1) is 0 Å². The average molecular weight is 423 g/mol. The van der Waals surface area contributed by atoms with E-state index < -0.39 is 6.10 Å². The fraction of sp³-hybridized carbons (Fsp3) is 0.217. The molecule has 2 aromatic heterocycles. The van der Waals surface area contributed by atoms with Crippen molar-refractivity contribution < 1.29 is 14.6 Å². The van der Waals surface area contributed by atoms with Gasteiger partial charge in [0, 0.05) is 10.9 Å². The Morgan fingerprint density at radius 3 is 2.60 bits per heavy atom. The zero-order chi connectivity index (χ0) is 20.9. The molecule has 0 saturated carbocycles. The van der Waals surface area contributed by atoms with E-state index in [2.05, 4.69) is 5.10 Å². The van der Waals surface area contributed by atoms with E-state index in [0.717, 1.165) is 27.3 Å². The zero-order valence-corrected chi connectivity index (χ0v) is 17.3. The predicted octanol–water partition coefficient (Wildman–Crippen LogP) is 3.71. The highest BCUT2D eigenvalue weighted by Crippen LogP contribution is 2.28. The average Bonchev–Trinajstić information content (AvgIpc) is 3.31. The van der Waals surface area contributed by atoms with Gasteiger partial charge in [-0.05, 0) is 23.6 Å². The number of aromatic nitrogens is 2. The number of ether oxygens (including phenoxy) is 2. The molecule has 0 fully saturated rings. The van der Waals surface area contributed by atoms with Crippen LogP contribution in [0.15, 0.2) is 70.8 Å². The summed E-state index contributed by atoms with van der Waals surface area (Å²) in [6.07, 6.45) is -0.873. The van der Waals surface area contributed by atoms with Crippen molar-refractivity contribution >= 4 is 22.1 Å². The van der Waals surface area contributed by atoms with Gasteiger partial charge in [-0.1, -0.05) is 42.5 Å². The van der Waals surface area contributed by atoms with Crippen LogP contribution in [0.25, 0.3) is 21.3 Å². The van der Waals surface area contributed by atoms with Crippen LogP contribution in [0.3, 0.4) is 0 Å². The van der Waals surface area contributed by atoms with Crippen LogP contribution >= 0.6 is 11.3 Å². The second kappa shape index (κ2) is 9.21. The minimum atomic E-state index is -0.873. The summed E-state index contributed by atoms with van der Waals surface area (Å²) in [5.74, 6) is 0.736. The van der Waals surface area contributed by atoms with E-state index in [0.29, 0.717) is 12.0 Å². The van der Waals surface area contributed by atoms with E-state index >= 15 is 0 Å². The third kappa shape index (κ3) is 4.28. The number of thiophene rings is 1. The zero-order valence-electron chi connectivity index (χ0n) is 16.5. The number of nitrogens with zero attached hydrogens (tertiary/aromatic N) is 2. The molecule has 2 heterocycles. The number of aliphatic hydroxyl groups is 1. The Hall–Kier alpha value is -3.00. The van der Waals surface area contributed by atoms with E-state index in [-0.39, 0.29) is 18.7 Å². The van der Waals surface area contributed by atoms with Crippen LogP contribution in [0.1, 0.15) is 5.56 Å². The van der Waals surface area contributed by atoms with Gasteiger partial charge in [0.25, 0.3) is 5.56 Å². The first-order valence-electron chi connectivity index (χ1n) is 9.59. The minimum absolute atomic E-state index is 0.0496. The van der Waals surface area contributed by atoms with Gasteiger partial charge in [0.15, 0.2) is 0 Å². The highest BCUT2D eigenvalue weighted by Gasteiger charge is 2.15. The highest BCUT2D eigenvalue weighted by atomic mass is 32.1. The van der Waals surface area contributed by atoms with Crippen LogP contribution in [-0.2, 0) is 17.9 Å². The molecule has 0 amide bonds. The number of rotatable bonds is 8. The number of para-hydroxylation sites is 1.